The molecule has 1 heterocycles. The van der Waals surface area contributed by atoms with E-state index in [2.05, 4.69) is 0 Å². The van der Waals surface area contributed by atoms with E-state index in [1.165, 1.54) is 18.1 Å². The molecule has 4 rings (SSSR count). The third kappa shape index (κ3) is 5.17. The number of hydrogen-bond donors (Lipinski definition) is 1. The van der Waals surface area contributed by atoms with E-state index in [1.54, 1.807) is 69.5 Å². The summed E-state index contributed by atoms with van der Waals surface area (Å²) in [5, 5.41) is 11.7. The van der Waals surface area contributed by atoms with Crippen molar-refractivity contribution in [3.05, 3.63) is 94.1 Å². The SMILES string of the molecule is CCOC(=O)c1cccc(N2C(=O)C(=O)/C(=C(/O)c3cc(C(C)C)c(OC)cc3C)C2c2cccc(OC)c2)c1. The minimum atomic E-state index is -0.989. The number of esters is 1. The van der Waals surface area contributed by atoms with Crippen molar-refractivity contribution < 1.29 is 33.7 Å². The van der Waals surface area contributed by atoms with Gasteiger partial charge in [0, 0.05) is 11.3 Å². The number of aliphatic hydroxyl groups excluding tert-OH is 1. The molecular weight excluding hydrogens is 510 g/mol. The molecule has 40 heavy (non-hydrogen) atoms. The summed E-state index contributed by atoms with van der Waals surface area (Å²) in [5.74, 6) is -1.25. The predicted molar refractivity (Wildman–Crippen MR) is 152 cm³/mol. The van der Waals surface area contributed by atoms with E-state index < -0.39 is 23.7 Å². The van der Waals surface area contributed by atoms with Gasteiger partial charge in [-0.3, -0.25) is 14.5 Å². The largest absolute Gasteiger partial charge is 0.507 e. The maximum absolute atomic E-state index is 13.7. The second kappa shape index (κ2) is 11.7. The maximum Gasteiger partial charge on any atom is 0.338 e. The van der Waals surface area contributed by atoms with E-state index in [-0.39, 0.29) is 29.4 Å². The predicted octanol–water partition coefficient (Wildman–Crippen LogP) is 5.94. The fraction of sp³-hybridized carbons (Fsp3) is 0.281. The standard InChI is InChI=1S/C32H33NO7/c1-7-40-32(37)21-11-8-12-22(15-21)33-28(20-10-9-13-23(16-20)38-5)27(30(35)31(33)36)29(34)25-17-24(18(2)3)26(39-6)14-19(25)4/h8-18,28,34H,7H2,1-6H3/b29-27+. The molecule has 1 aliphatic heterocycles. The van der Waals surface area contributed by atoms with Crippen molar-refractivity contribution in [2.45, 2.75) is 39.7 Å². The van der Waals surface area contributed by atoms with Gasteiger partial charge in [0.05, 0.1) is 38.0 Å². The topological polar surface area (TPSA) is 102 Å². The molecule has 0 spiro atoms. The Labute approximate surface area is 233 Å². The number of Topliss-reactive ketones (excluding diaryl/α,β-unsaturated/α-hetero) is 1. The number of methoxy groups -OCH3 is 2. The first-order valence-corrected chi connectivity index (χ1v) is 13.0. The zero-order chi connectivity index (χ0) is 29.1. The molecule has 1 saturated heterocycles. The Morgan fingerprint density at radius 2 is 1.73 bits per heavy atom. The average Bonchev–Trinajstić information content (AvgIpc) is 3.22. The number of carbonyl (C=O) groups is 3. The second-order valence-electron chi connectivity index (χ2n) is 9.78. The molecule has 1 aliphatic rings. The van der Waals surface area contributed by atoms with Crippen LogP contribution in [0.1, 0.15) is 65.3 Å². The first-order chi connectivity index (χ1) is 19.1. The summed E-state index contributed by atoms with van der Waals surface area (Å²) in [6.45, 7) is 7.71. The lowest BCUT2D eigenvalue weighted by molar-refractivity contribution is -0.132. The van der Waals surface area contributed by atoms with Gasteiger partial charge in [0.1, 0.15) is 17.3 Å². The minimum absolute atomic E-state index is 0.0669. The first kappa shape index (κ1) is 28.4. The highest BCUT2D eigenvalue weighted by molar-refractivity contribution is 6.51. The number of carbonyl (C=O) groups excluding carboxylic acids is 3. The molecule has 0 saturated carbocycles. The Morgan fingerprint density at radius 3 is 2.38 bits per heavy atom. The fourth-order valence-corrected chi connectivity index (χ4v) is 4.95. The lowest BCUT2D eigenvalue weighted by Crippen LogP contribution is -2.29. The van der Waals surface area contributed by atoms with Crippen LogP contribution in [0, 0.1) is 6.92 Å². The van der Waals surface area contributed by atoms with Crippen molar-refractivity contribution in [1.29, 1.82) is 0 Å². The van der Waals surface area contributed by atoms with Crippen LogP contribution in [0.15, 0.2) is 66.2 Å². The Balaban J connectivity index is 1.98. The van der Waals surface area contributed by atoms with Gasteiger partial charge in [0.2, 0.25) is 0 Å². The number of ether oxygens (including phenoxy) is 3. The van der Waals surface area contributed by atoms with Crippen molar-refractivity contribution in [2.24, 2.45) is 0 Å². The average molecular weight is 544 g/mol. The van der Waals surface area contributed by atoms with Gasteiger partial charge >= 0.3 is 5.97 Å². The van der Waals surface area contributed by atoms with E-state index in [4.69, 9.17) is 14.2 Å². The Kier molecular flexibility index (Phi) is 8.28. The van der Waals surface area contributed by atoms with Gasteiger partial charge < -0.3 is 19.3 Å². The van der Waals surface area contributed by atoms with Crippen LogP contribution in [0.5, 0.6) is 11.5 Å². The molecule has 0 bridgehead atoms. The van der Waals surface area contributed by atoms with Gasteiger partial charge in [-0.05, 0) is 78.9 Å². The molecule has 0 radical (unpaired) electrons. The molecule has 8 heteroatoms. The van der Waals surface area contributed by atoms with Crippen molar-refractivity contribution in [3.63, 3.8) is 0 Å². The van der Waals surface area contributed by atoms with E-state index >= 15 is 0 Å². The van der Waals surface area contributed by atoms with Crippen LogP contribution in [0.3, 0.4) is 0 Å². The fourth-order valence-electron chi connectivity index (χ4n) is 4.95. The van der Waals surface area contributed by atoms with Gasteiger partial charge in [-0.1, -0.05) is 32.0 Å². The van der Waals surface area contributed by atoms with Crippen LogP contribution in [0.2, 0.25) is 0 Å². The molecule has 8 nitrogen and oxygen atoms in total. The van der Waals surface area contributed by atoms with E-state index in [0.29, 0.717) is 33.9 Å². The van der Waals surface area contributed by atoms with Gasteiger partial charge in [-0.15, -0.1) is 0 Å². The number of ketones is 1. The zero-order valence-electron chi connectivity index (χ0n) is 23.5. The van der Waals surface area contributed by atoms with Gasteiger partial charge in [0.15, 0.2) is 0 Å². The molecular formula is C32H33NO7. The number of hydrogen-bond acceptors (Lipinski definition) is 7. The van der Waals surface area contributed by atoms with E-state index in [9.17, 15) is 19.5 Å². The summed E-state index contributed by atoms with van der Waals surface area (Å²) in [7, 11) is 3.10. The lowest BCUT2D eigenvalue weighted by Gasteiger charge is -2.26. The normalized spacial score (nSPS) is 16.4. The number of nitrogens with zero attached hydrogens (tertiary/aromatic N) is 1. The number of aryl methyl sites for hydroxylation is 1. The summed E-state index contributed by atoms with van der Waals surface area (Å²) in [5.41, 5.74) is 2.99. The number of benzene rings is 3. The van der Waals surface area contributed by atoms with Crippen LogP contribution in [0.25, 0.3) is 5.76 Å². The van der Waals surface area contributed by atoms with Crippen molar-refractivity contribution >= 4 is 29.1 Å². The highest BCUT2D eigenvalue weighted by Gasteiger charge is 2.47. The van der Waals surface area contributed by atoms with Gasteiger partial charge in [0.25, 0.3) is 11.7 Å². The summed E-state index contributed by atoms with van der Waals surface area (Å²) in [4.78, 5) is 41.0. The summed E-state index contributed by atoms with van der Waals surface area (Å²) in [6, 6.07) is 15.9. The van der Waals surface area contributed by atoms with Crippen molar-refractivity contribution in [3.8, 4) is 11.5 Å². The molecule has 1 fully saturated rings. The van der Waals surface area contributed by atoms with Gasteiger partial charge in [-0.2, -0.15) is 0 Å². The maximum atomic E-state index is 13.7. The van der Waals surface area contributed by atoms with Crippen LogP contribution in [0.4, 0.5) is 5.69 Å². The molecule has 1 amide bonds. The molecule has 1 atom stereocenters. The van der Waals surface area contributed by atoms with Crippen LogP contribution < -0.4 is 14.4 Å². The summed E-state index contributed by atoms with van der Waals surface area (Å²) in [6.07, 6.45) is 0. The molecule has 0 aromatic heterocycles. The van der Waals surface area contributed by atoms with Gasteiger partial charge in [-0.25, -0.2) is 4.79 Å². The van der Waals surface area contributed by atoms with E-state index in [1.807, 2.05) is 19.9 Å². The first-order valence-electron chi connectivity index (χ1n) is 13.0. The van der Waals surface area contributed by atoms with Crippen LogP contribution >= 0.6 is 0 Å². The quantitative estimate of drug-likeness (QED) is 0.162. The van der Waals surface area contributed by atoms with Crippen LogP contribution in [-0.4, -0.2) is 43.6 Å². The smallest absolute Gasteiger partial charge is 0.338 e. The lowest BCUT2D eigenvalue weighted by atomic mass is 9.91. The highest BCUT2D eigenvalue weighted by Crippen LogP contribution is 2.44. The highest BCUT2D eigenvalue weighted by atomic mass is 16.5. The summed E-state index contributed by atoms with van der Waals surface area (Å²) < 4.78 is 16.1. The van der Waals surface area contributed by atoms with Crippen molar-refractivity contribution in [2.75, 3.05) is 25.7 Å². The van der Waals surface area contributed by atoms with E-state index in [0.717, 1.165) is 5.56 Å². The van der Waals surface area contributed by atoms with Crippen LogP contribution in [-0.2, 0) is 14.3 Å². The zero-order valence-corrected chi connectivity index (χ0v) is 23.5. The number of amides is 1. The second-order valence-corrected chi connectivity index (χ2v) is 9.78. The monoisotopic (exact) mass is 543 g/mol. The Morgan fingerprint density at radius 1 is 1.00 bits per heavy atom. The number of aliphatic hydroxyl groups is 1. The van der Waals surface area contributed by atoms with Crippen molar-refractivity contribution in [1.82, 2.24) is 0 Å². The third-order valence-electron chi connectivity index (χ3n) is 6.94. The Hall–Kier alpha value is -4.59. The number of anilines is 1. The number of rotatable bonds is 8. The molecule has 1 unspecified atom stereocenters. The molecule has 0 aliphatic carbocycles. The summed E-state index contributed by atoms with van der Waals surface area (Å²) >= 11 is 0. The minimum Gasteiger partial charge on any atom is -0.507 e. The molecule has 3 aromatic rings. The third-order valence-corrected chi connectivity index (χ3v) is 6.94. The Bertz CT molecular complexity index is 1500. The molecule has 3 aromatic carbocycles. The molecule has 1 N–H and O–H groups in total. The molecule has 208 valence electrons.